The van der Waals surface area contributed by atoms with Crippen LogP contribution in [-0.4, -0.2) is 36.0 Å². The summed E-state index contributed by atoms with van der Waals surface area (Å²) in [7, 11) is 0. The lowest BCUT2D eigenvalue weighted by Crippen LogP contribution is -2.60. The summed E-state index contributed by atoms with van der Waals surface area (Å²) in [6, 6.07) is 0. The first-order chi connectivity index (χ1) is 6.06. The average Bonchev–Trinajstić information content (AvgIpc) is 2.07. The van der Waals surface area contributed by atoms with Gasteiger partial charge in [-0.05, 0) is 26.8 Å². The maximum absolute atomic E-state index is 11.2. The van der Waals surface area contributed by atoms with E-state index in [0.717, 1.165) is 13.1 Å². The first-order valence-corrected chi connectivity index (χ1v) is 5.08. The van der Waals surface area contributed by atoms with Gasteiger partial charge in [0.15, 0.2) is 0 Å². The zero-order chi connectivity index (χ0) is 9.90. The van der Waals surface area contributed by atoms with Gasteiger partial charge in [0.1, 0.15) is 0 Å². The fourth-order valence-corrected chi connectivity index (χ4v) is 1.60. The molecule has 0 aliphatic carbocycles. The highest BCUT2D eigenvalue weighted by Crippen LogP contribution is 2.16. The van der Waals surface area contributed by atoms with Crippen molar-refractivity contribution in [1.82, 2.24) is 10.2 Å². The molecule has 0 aromatic heterocycles. The van der Waals surface area contributed by atoms with Crippen LogP contribution in [0, 0.1) is 0 Å². The fraction of sp³-hybridized carbons (Fsp3) is 0.900. The van der Waals surface area contributed by atoms with Crippen molar-refractivity contribution in [2.45, 2.75) is 39.2 Å². The number of nitrogens with one attached hydrogen (secondary N) is 1. The minimum Gasteiger partial charge on any atom is -0.353 e. The van der Waals surface area contributed by atoms with Crippen LogP contribution in [0.4, 0.5) is 0 Å². The Labute approximate surface area is 80.5 Å². The molecule has 1 heterocycles. The van der Waals surface area contributed by atoms with Gasteiger partial charge in [0, 0.05) is 12.1 Å². The molecule has 1 aliphatic heterocycles. The van der Waals surface area contributed by atoms with Crippen LogP contribution >= 0.6 is 0 Å². The summed E-state index contributed by atoms with van der Waals surface area (Å²) in [6.07, 6.45) is 2.37. The van der Waals surface area contributed by atoms with Crippen LogP contribution < -0.4 is 5.32 Å². The molecule has 1 amide bonds. The molecule has 3 nitrogen and oxygen atoms in total. The molecule has 0 saturated carbocycles. The van der Waals surface area contributed by atoms with Crippen molar-refractivity contribution < 1.29 is 4.79 Å². The maximum atomic E-state index is 11.2. The second-order valence-electron chi connectivity index (χ2n) is 4.36. The van der Waals surface area contributed by atoms with Gasteiger partial charge >= 0.3 is 0 Å². The third-order valence-electron chi connectivity index (χ3n) is 2.69. The quantitative estimate of drug-likeness (QED) is 0.709. The van der Waals surface area contributed by atoms with Gasteiger partial charge in [0.2, 0.25) is 5.91 Å². The van der Waals surface area contributed by atoms with Gasteiger partial charge in [-0.3, -0.25) is 9.69 Å². The number of hydrogen-bond donors (Lipinski definition) is 1. The number of nitrogens with zero attached hydrogens (tertiary/aromatic N) is 1. The zero-order valence-corrected chi connectivity index (χ0v) is 8.89. The number of carbonyl (C=O) groups is 1. The molecule has 1 saturated heterocycles. The van der Waals surface area contributed by atoms with Crippen LogP contribution in [0.3, 0.4) is 0 Å². The topological polar surface area (TPSA) is 32.3 Å². The van der Waals surface area contributed by atoms with Crippen LogP contribution in [0.1, 0.15) is 33.6 Å². The third kappa shape index (κ3) is 2.69. The molecule has 1 fully saturated rings. The lowest BCUT2D eigenvalue weighted by Gasteiger charge is -2.42. The molecule has 0 unspecified atom stereocenters. The molecule has 76 valence electrons. The number of amides is 1. The van der Waals surface area contributed by atoms with E-state index < -0.39 is 0 Å². The van der Waals surface area contributed by atoms with Gasteiger partial charge in [0.25, 0.3) is 0 Å². The largest absolute Gasteiger partial charge is 0.353 e. The minimum atomic E-state index is 0.128. The highest BCUT2D eigenvalue weighted by molar-refractivity contribution is 5.79. The summed E-state index contributed by atoms with van der Waals surface area (Å²) < 4.78 is 0. The van der Waals surface area contributed by atoms with Crippen molar-refractivity contribution in [2.24, 2.45) is 0 Å². The molecular weight excluding hydrogens is 164 g/mol. The van der Waals surface area contributed by atoms with E-state index >= 15 is 0 Å². The molecule has 0 radical (unpaired) electrons. The highest BCUT2D eigenvalue weighted by Gasteiger charge is 2.32. The normalized spacial score (nSPS) is 22.8. The van der Waals surface area contributed by atoms with Crippen molar-refractivity contribution in [2.75, 3.05) is 19.6 Å². The maximum Gasteiger partial charge on any atom is 0.234 e. The Morgan fingerprint density at radius 1 is 1.54 bits per heavy atom. The van der Waals surface area contributed by atoms with Gasteiger partial charge in [-0.1, -0.05) is 13.3 Å². The van der Waals surface area contributed by atoms with Gasteiger partial charge in [-0.2, -0.15) is 0 Å². The summed E-state index contributed by atoms with van der Waals surface area (Å²) in [5.41, 5.74) is 0.128. The molecule has 0 aromatic carbocycles. The van der Waals surface area contributed by atoms with Crippen LogP contribution in [0.2, 0.25) is 0 Å². The average molecular weight is 184 g/mol. The summed E-state index contributed by atoms with van der Waals surface area (Å²) in [5, 5.41) is 2.90. The SMILES string of the molecule is CCCCN1CC(=O)NCC1(C)C. The van der Waals surface area contributed by atoms with E-state index in [9.17, 15) is 4.79 Å². The molecule has 0 bridgehead atoms. The van der Waals surface area contributed by atoms with Crippen molar-refractivity contribution >= 4 is 5.91 Å². The number of piperazine rings is 1. The number of hydrogen-bond acceptors (Lipinski definition) is 2. The summed E-state index contributed by atoms with van der Waals surface area (Å²) in [4.78, 5) is 13.4. The molecule has 0 spiro atoms. The Morgan fingerprint density at radius 3 is 2.85 bits per heavy atom. The Hall–Kier alpha value is -0.570. The van der Waals surface area contributed by atoms with E-state index in [1.165, 1.54) is 12.8 Å². The van der Waals surface area contributed by atoms with Crippen LogP contribution in [0.25, 0.3) is 0 Å². The second kappa shape index (κ2) is 4.09. The molecule has 13 heavy (non-hydrogen) atoms. The Morgan fingerprint density at radius 2 is 2.23 bits per heavy atom. The number of unbranched alkanes of at least 4 members (excludes halogenated alkanes) is 1. The molecule has 0 aromatic rings. The van der Waals surface area contributed by atoms with Gasteiger partial charge in [-0.15, -0.1) is 0 Å². The van der Waals surface area contributed by atoms with Crippen LogP contribution in [0.5, 0.6) is 0 Å². The molecule has 1 N–H and O–H groups in total. The number of rotatable bonds is 3. The summed E-state index contributed by atoms with van der Waals surface area (Å²) in [5.74, 6) is 0.162. The smallest absolute Gasteiger partial charge is 0.234 e. The standard InChI is InChI=1S/C10H20N2O/c1-4-5-6-12-7-9(13)11-8-10(12,2)3/h4-8H2,1-3H3,(H,11,13). The molecule has 3 heteroatoms. The predicted molar refractivity (Wildman–Crippen MR) is 53.6 cm³/mol. The van der Waals surface area contributed by atoms with Crippen molar-refractivity contribution in [3.05, 3.63) is 0 Å². The molecule has 0 atom stereocenters. The Balaban J connectivity index is 2.50. The van der Waals surface area contributed by atoms with Crippen LogP contribution in [0.15, 0.2) is 0 Å². The van der Waals surface area contributed by atoms with E-state index in [4.69, 9.17) is 0 Å². The van der Waals surface area contributed by atoms with Gasteiger partial charge in [-0.25, -0.2) is 0 Å². The van der Waals surface area contributed by atoms with Gasteiger partial charge in [0.05, 0.1) is 6.54 Å². The van der Waals surface area contributed by atoms with Crippen molar-refractivity contribution in [3.63, 3.8) is 0 Å². The number of carbonyl (C=O) groups excluding carboxylic acids is 1. The van der Waals surface area contributed by atoms with E-state index in [2.05, 4.69) is 31.0 Å². The van der Waals surface area contributed by atoms with Crippen molar-refractivity contribution in [1.29, 1.82) is 0 Å². The first kappa shape index (κ1) is 10.5. The first-order valence-electron chi connectivity index (χ1n) is 5.08. The lowest BCUT2D eigenvalue weighted by molar-refractivity contribution is -0.127. The third-order valence-corrected chi connectivity index (χ3v) is 2.69. The van der Waals surface area contributed by atoms with E-state index in [1.54, 1.807) is 0 Å². The van der Waals surface area contributed by atoms with E-state index in [0.29, 0.717) is 6.54 Å². The summed E-state index contributed by atoms with van der Waals surface area (Å²) >= 11 is 0. The zero-order valence-electron chi connectivity index (χ0n) is 8.89. The molecule has 1 aliphatic rings. The lowest BCUT2D eigenvalue weighted by atomic mass is 9.99. The van der Waals surface area contributed by atoms with E-state index in [1.807, 2.05) is 0 Å². The highest BCUT2D eigenvalue weighted by atomic mass is 16.2. The van der Waals surface area contributed by atoms with Crippen LogP contribution in [-0.2, 0) is 4.79 Å². The second-order valence-corrected chi connectivity index (χ2v) is 4.36. The summed E-state index contributed by atoms with van der Waals surface area (Å²) in [6.45, 7) is 8.92. The van der Waals surface area contributed by atoms with E-state index in [-0.39, 0.29) is 11.4 Å². The fourth-order valence-electron chi connectivity index (χ4n) is 1.60. The minimum absolute atomic E-state index is 0.128. The Kier molecular flexibility index (Phi) is 3.31. The van der Waals surface area contributed by atoms with Gasteiger partial charge < -0.3 is 5.32 Å². The molecular formula is C10H20N2O. The molecule has 1 rings (SSSR count). The predicted octanol–water partition coefficient (Wildman–Crippen LogP) is 0.997. The monoisotopic (exact) mass is 184 g/mol. The Bertz CT molecular complexity index is 189. The van der Waals surface area contributed by atoms with Crippen molar-refractivity contribution in [3.8, 4) is 0 Å².